The van der Waals surface area contributed by atoms with Gasteiger partial charge in [-0.3, -0.25) is 4.98 Å². The average Bonchev–Trinajstić information content (AvgIpc) is 2.84. The van der Waals surface area contributed by atoms with Crippen LogP contribution in [0.15, 0.2) is 22.9 Å². The summed E-state index contributed by atoms with van der Waals surface area (Å²) in [7, 11) is 0. The monoisotopic (exact) mass is 251 g/mol. The first-order valence-electron chi connectivity index (χ1n) is 4.59. The van der Waals surface area contributed by atoms with E-state index in [9.17, 15) is 0 Å². The molecule has 0 saturated heterocycles. The summed E-state index contributed by atoms with van der Waals surface area (Å²) >= 11 is 7.57. The van der Waals surface area contributed by atoms with Crippen LogP contribution in [0.3, 0.4) is 0 Å². The third kappa shape index (κ3) is 1.48. The Morgan fingerprint density at radius 3 is 3.00 bits per heavy atom. The normalized spacial score (nSPS) is 11.1. The average molecular weight is 252 g/mol. The van der Waals surface area contributed by atoms with Crippen molar-refractivity contribution >= 4 is 33.2 Å². The van der Waals surface area contributed by atoms with E-state index in [0.717, 1.165) is 15.1 Å². The summed E-state index contributed by atoms with van der Waals surface area (Å²) in [6.07, 6.45) is 1.68. The first-order chi connectivity index (χ1) is 7.74. The molecule has 0 aliphatic rings. The predicted octanol–water partition coefficient (Wildman–Crippen LogP) is 3.31. The SMILES string of the molecule is Cc1noc(-c2cc3nccc(Cl)c3s2)n1. The summed E-state index contributed by atoms with van der Waals surface area (Å²) in [6.45, 7) is 1.78. The van der Waals surface area contributed by atoms with Gasteiger partial charge in [0.25, 0.3) is 5.89 Å². The third-order valence-corrected chi connectivity index (χ3v) is 3.67. The second kappa shape index (κ2) is 3.54. The number of rotatable bonds is 1. The van der Waals surface area contributed by atoms with Crippen LogP contribution >= 0.6 is 22.9 Å². The number of aromatic nitrogens is 3. The maximum absolute atomic E-state index is 6.07. The molecule has 0 radical (unpaired) electrons. The number of hydrogen-bond acceptors (Lipinski definition) is 5. The lowest BCUT2D eigenvalue weighted by atomic mass is 10.4. The molecular formula is C10H6ClN3OS. The predicted molar refractivity (Wildman–Crippen MR) is 62.7 cm³/mol. The maximum Gasteiger partial charge on any atom is 0.268 e. The lowest BCUT2D eigenvalue weighted by Gasteiger charge is -1.88. The zero-order valence-electron chi connectivity index (χ0n) is 8.27. The first-order valence-corrected chi connectivity index (χ1v) is 5.78. The van der Waals surface area contributed by atoms with Gasteiger partial charge in [0.2, 0.25) is 0 Å². The number of nitrogens with zero attached hydrogens (tertiary/aromatic N) is 3. The molecule has 0 fully saturated rings. The van der Waals surface area contributed by atoms with Crippen molar-refractivity contribution in [2.75, 3.05) is 0 Å². The number of hydrogen-bond donors (Lipinski definition) is 0. The molecule has 16 heavy (non-hydrogen) atoms. The fraction of sp³-hybridized carbons (Fsp3) is 0.100. The van der Waals surface area contributed by atoms with Gasteiger partial charge in [-0.15, -0.1) is 11.3 Å². The molecule has 0 bridgehead atoms. The smallest absolute Gasteiger partial charge is 0.268 e. The highest BCUT2D eigenvalue weighted by Gasteiger charge is 2.12. The molecule has 0 atom stereocenters. The minimum Gasteiger partial charge on any atom is -0.333 e. The zero-order valence-corrected chi connectivity index (χ0v) is 9.84. The van der Waals surface area contributed by atoms with E-state index in [1.165, 1.54) is 11.3 Å². The van der Waals surface area contributed by atoms with E-state index >= 15 is 0 Å². The van der Waals surface area contributed by atoms with Gasteiger partial charge < -0.3 is 4.52 Å². The molecule has 4 nitrogen and oxygen atoms in total. The molecular weight excluding hydrogens is 246 g/mol. The molecule has 0 aromatic carbocycles. The van der Waals surface area contributed by atoms with Crippen molar-refractivity contribution in [1.82, 2.24) is 15.1 Å². The van der Waals surface area contributed by atoms with Gasteiger partial charge in [0.05, 0.1) is 20.1 Å². The van der Waals surface area contributed by atoms with Crippen molar-refractivity contribution < 1.29 is 4.52 Å². The van der Waals surface area contributed by atoms with Crippen molar-refractivity contribution in [3.8, 4) is 10.8 Å². The fourth-order valence-electron chi connectivity index (χ4n) is 1.41. The largest absolute Gasteiger partial charge is 0.333 e. The number of fused-ring (bicyclic) bond motifs is 1. The van der Waals surface area contributed by atoms with Crippen molar-refractivity contribution in [2.24, 2.45) is 0 Å². The van der Waals surface area contributed by atoms with Gasteiger partial charge in [-0.2, -0.15) is 4.98 Å². The van der Waals surface area contributed by atoms with Gasteiger partial charge in [0.15, 0.2) is 5.82 Å². The lowest BCUT2D eigenvalue weighted by molar-refractivity contribution is 0.426. The van der Waals surface area contributed by atoms with Crippen LogP contribution in [-0.2, 0) is 0 Å². The van der Waals surface area contributed by atoms with Gasteiger partial charge in [-0.25, -0.2) is 0 Å². The number of halogens is 1. The summed E-state index contributed by atoms with van der Waals surface area (Å²) in [5.41, 5.74) is 0.850. The second-order valence-corrected chi connectivity index (χ2v) is 4.72. The zero-order chi connectivity index (χ0) is 11.1. The minimum absolute atomic E-state index is 0.511. The van der Waals surface area contributed by atoms with Crippen LogP contribution in [0.5, 0.6) is 0 Å². The Labute approximate surface area is 99.9 Å². The highest BCUT2D eigenvalue weighted by Crippen LogP contribution is 2.35. The highest BCUT2D eigenvalue weighted by atomic mass is 35.5. The Balaban J connectivity index is 2.22. The van der Waals surface area contributed by atoms with Crippen molar-refractivity contribution in [3.63, 3.8) is 0 Å². The van der Waals surface area contributed by atoms with E-state index in [-0.39, 0.29) is 0 Å². The van der Waals surface area contributed by atoms with Crippen LogP contribution in [0.4, 0.5) is 0 Å². The standard InChI is InChI=1S/C10H6ClN3OS/c1-5-13-10(15-14-5)8-4-7-9(16-8)6(11)2-3-12-7/h2-4H,1H3. The van der Waals surface area contributed by atoms with Crippen LogP contribution in [0.1, 0.15) is 5.82 Å². The summed E-state index contributed by atoms with van der Waals surface area (Å²) in [5, 5.41) is 4.44. The van der Waals surface area contributed by atoms with Gasteiger partial charge in [-0.05, 0) is 19.1 Å². The Morgan fingerprint density at radius 2 is 2.31 bits per heavy atom. The Hall–Kier alpha value is -1.46. The van der Waals surface area contributed by atoms with Crippen LogP contribution in [0.2, 0.25) is 5.02 Å². The summed E-state index contributed by atoms with van der Waals surface area (Å²) in [5.74, 6) is 1.13. The van der Waals surface area contributed by atoms with Gasteiger partial charge >= 0.3 is 0 Å². The Kier molecular flexibility index (Phi) is 2.15. The van der Waals surface area contributed by atoms with Crippen LogP contribution in [-0.4, -0.2) is 15.1 Å². The topological polar surface area (TPSA) is 51.8 Å². The molecule has 0 amide bonds. The molecule has 0 spiro atoms. The molecule has 3 aromatic heterocycles. The molecule has 3 rings (SSSR count). The summed E-state index contributed by atoms with van der Waals surface area (Å²) in [6, 6.07) is 3.67. The Morgan fingerprint density at radius 1 is 1.44 bits per heavy atom. The molecule has 6 heteroatoms. The van der Waals surface area contributed by atoms with E-state index < -0.39 is 0 Å². The van der Waals surface area contributed by atoms with Crippen molar-refractivity contribution in [1.29, 1.82) is 0 Å². The second-order valence-electron chi connectivity index (χ2n) is 3.26. The minimum atomic E-state index is 0.511. The molecule has 0 unspecified atom stereocenters. The van der Waals surface area contributed by atoms with E-state index in [4.69, 9.17) is 16.1 Å². The van der Waals surface area contributed by atoms with Crippen LogP contribution in [0.25, 0.3) is 21.0 Å². The van der Waals surface area contributed by atoms with E-state index in [0.29, 0.717) is 16.7 Å². The number of pyridine rings is 1. The fourth-order valence-corrected chi connectivity index (χ4v) is 2.62. The number of aryl methyl sites for hydroxylation is 1. The van der Waals surface area contributed by atoms with E-state index in [1.54, 1.807) is 19.2 Å². The third-order valence-electron chi connectivity index (χ3n) is 2.10. The quantitative estimate of drug-likeness (QED) is 0.666. The molecule has 3 aromatic rings. The van der Waals surface area contributed by atoms with Gasteiger partial charge in [0.1, 0.15) is 0 Å². The van der Waals surface area contributed by atoms with Crippen LogP contribution in [0, 0.1) is 6.92 Å². The van der Waals surface area contributed by atoms with Gasteiger partial charge in [-0.1, -0.05) is 16.8 Å². The molecule has 0 N–H and O–H groups in total. The van der Waals surface area contributed by atoms with Gasteiger partial charge in [0, 0.05) is 6.20 Å². The van der Waals surface area contributed by atoms with Crippen molar-refractivity contribution in [2.45, 2.75) is 6.92 Å². The molecule has 0 aliphatic heterocycles. The maximum atomic E-state index is 6.07. The molecule has 0 saturated carbocycles. The van der Waals surface area contributed by atoms with E-state index in [1.807, 2.05) is 6.07 Å². The number of thiophene rings is 1. The molecule has 80 valence electrons. The first kappa shape index (κ1) is 9.74. The summed E-state index contributed by atoms with van der Waals surface area (Å²) in [4.78, 5) is 9.28. The highest BCUT2D eigenvalue weighted by molar-refractivity contribution is 7.22. The Bertz CT molecular complexity index is 661. The molecule has 0 aliphatic carbocycles. The van der Waals surface area contributed by atoms with E-state index in [2.05, 4.69) is 15.1 Å². The summed E-state index contributed by atoms with van der Waals surface area (Å²) < 4.78 is 6.04. The van der Waals surface area contributed by atoms with Crippen LogP contribution < -0.4 is 0 Å². The molecule has 3 heterocycles. The van der Waals surface area contributed by atoms with Crippen molar-refractivity contribution in [3.05, 3.63) is 29.2 Å². The lowest BCUT2D eigenvalue weighted by Crippen LogP contribution is -1.72.